The molecule has 0 unspecified atom stereocenters. The lowest BCUT2D eigenvalue weighted by Gasteiger charge is -2.05. The first kappa shape index (κ1) is 13.5. The third-order valence-electron chi connectivity index (χ3n) is 2.79. The maximum absolute atomic E-state index is 5.63. The molecule has 2 rings (SSSR count). The normalized spacial score (nSPS) is 10.6. The Bertz CT molecular complexity index is 492. The Labute approximate surface area is 113 Å². The molecule has 0 saturated carbocycles. The van der Waals surface area contributed by atoms with Crippen molar-refractivity contribution in [1.29, 1.82) is 0 Å². The van der Waals surface area contributed by atoms with E-state index in [0.717, 1.165) is 31.1 Å². The van der Waals surface area contributed by atoms with Crippen molar-refractivity contribution >= 4 is 0 Å². The van der Waals surface area contributed by atoms with Crippen LogP contribution in [-0.4, -0.2) is 21.3 Å². The molecule has 102 valence electrons. The van der Waals surface area contributed by atoms with Gasteiger partial charge in [0.1, 0.15) is 6.61 Å². The number of pyridine rings is 1. The fourth-order valence-corrected chi connectivity index (χ4v) is 1.66. The third-order valence-corrected chi connectivity index (χ3v) is 2.79. The SMILES string of the molecule is CCNCc1ccc(COc2cnn(CC)c2)nc1. The van der Waals surface area contributed by atoms with Gasteiger partial charge in [0.25, 0.3) is 0 Å². The average Bonchev–Trinajstić information content (AvgIpc) is 2.92. The van der Waals surface area contributed by atoms with E-state index in [1.54, 1.807) is 6.20 Å². The van der Waals surface area contributed by atoms with E-state index in [2.05, 4.69) is 28.4 Å². The Morgan fingerprint density at radius 1 is 1.26 bits per heavy atom. The average molecular weight is 260 g/mol. The molecule has 1 N–H and O–H groups in total. The van der Waals surface area contributed by atoms with Crippen LogP contribution in [0, 0.1) is 0 Å². The van der Waals surface area contributed by atoms with E-state index in [0.29, 0.717) is 6.61 Å². The minimum Gasteiger partial charge on any atom is -0.484 e. The van der Waals surface area contributed by atoms with Crippen molar-refractivity contribution in [3.63, 3.8) is 0 Å². The lowest BCUT2D eigenvalue weighted by atomic mass is 10.2. The summed E-state index contributed by atoms with van der Waals surface area (Å²) in [7, 11) is 0. The molecule has 2 aromatic heterocycles. The highest BCUT2D eigenvalue weighted by Crippen LogP contribution is 2.10. The minimum atomic E-state index is 0.469. The van der Waals surface area contributed by atoms with Crippen LogP contribution in [0.4, 0.5) is 0 Å². The summed E-state index contributed by atoms with van der Waals surface area (Å²) in [5.41, 5.74) is 2.11. The lowest BCUT2D eigenvalue weighted by molar-refractivity contribution is 0.301. The number of aromatic nitrogens is 3. The summed E-state index contributed by atoms with van der Waals surface area (Å²) < 4.78 is 7.47. The van der Waals surface area contributed by atoms with Gasteiger partial charge in [-0.25, -0.2) is 0 Å². The van der Waals surface area contributed by atoms with Crippen LogP contribution in [0.5, 0.6) is 5.75 Å². The van der Waals surface area contributed by atoms with Gasteiger partial charge in [-0.3, -0.25) is 9.67 Å². The van der Waals surface area contributed by atoms with Crippen LogP contribution >= 0.6 is 0 Å². The standard InChI is InChI=1S/C14H20N4O/c1-3-15-7-12-5-6-13(16-8-12)11-19-14-9-17-18(4-2)10-14/h5-6,8-10,15H,3-4,7,11H2,1-2H3. The van der Waals surface area contributed by atoms with Gasteiger partial charge in [0.05, 0.1) is 18.1 Å². The first-order chi connectivity index (χ1) is 9.31. The van der Waals surface area contributed by atoms with Crippen molar-refractivity contribution in [3.05, 3.63) is 42.0 Å². The fraction of sp³-hybridized carbons (Fsp3) is 0.429. The molecule has 2 aromatic rings. The van der Waals surface area contributed by atoms with Crippen LogP contribution in [0.2, 0.25) is 0 Å². The number of nitrogens with one attached hydrogen (secondary N) is 1. The summed E-state index contributed by atoms with van der Waals surface area (Å²) in [4.78, 5) is 4.38. The summed E-state index contributed by atoms with van der Waals surface area (Å²) in [6.45, 7) is 7.27. The molecule has 19 heavy (non-hydrogen) atoms. The fourth-order valence-electron chi connectivity index (χ4n) is 1.66. The highest BCUT2D eigenvalue weighted by atomic mass is 16.5. The van der Waals surface area contributed by atoms with Crippen molar-refractivity contribution in [2.24, 2.45) is 0 Å². The molecule has 0 aromatic carbocycles. The van der Waals surface area contributed by atoms with E-state index in [1.165, 1.54) is 5.56 Å². The quantitative estimate of drug-likeness (QED) is 0.827. The van der Waals surface area contributed by atoms with Crippen LogP contribution < -0.4 is 10.1 Å². The van der Waals surface area contributed by atoms with Gasteiger partial charge in [-0.15, -0.1) is 0 Å². The third kappa shape index (κ3) is 4.06. The van der Waals surface area contributed by atoms with Gasteiger partial charge < -0.3 is 10.1 Å². The zero-order chi connectivity index (χ0) is 13.5. The van der Waals surface area contributed by atoms with Gasteiger partial charge in [0.15, 0.2) is 5.75 Å². The molecule has 0 spiro atoms. The monoisotopic (exact) mass is 260 g/mol. The van der Waals surface area contributed by atoms with Gasteiger partial charge in [-0.05, 0) is 25.1 Å². The summed E-state index contributed by atoms with van der Waals surface area (Å²) in [6.07, 6.45) is 5.50. The number of rotatable bonds is 7. The van der Waals surface area contributed by atoms with Crippen molar-refractivity contribution in [2.45, 2.75) is 33.5 Å². The Hall–Kier alpha value is -1.88. The molecule has 0 aliphatic rings. The summed E-state index contributed by atoms with van der Waals surface area (Å²) in [6, 6.07) is 4.07. The van der Waals surface area contributed by atoms with E-state index in [-0.39, 0.29) is 0 Å². The van der Waals surface area contributed by atoms with Crippen LogP contribution in [0.3, 0.4) is 0 Å². The van der Waals surface area contributed by atoms with E-state index in [9.17, 15) is 0 Å². The Morgan fingerprint density at radius 2 is 2.16 bits per heavy atom. The van der Waals surface area contributed by atoms with Gasteiger partial charge in [-0.2, -0.15) is 5.10 Å². The zero-order valence-electron chi connectivity index (χ0n) is 11.5. The van der Waals surface area contributed by atoms with Gasteiger partial charge in [-0.1, -0.05) is 13.0 Å². The Balaban J connectivity index is 1.85. The van der Waals surface area contributed by atoms with E-state index < -0.39 is 0 Å². The number of hydrogen-bond donors (Lipinski definition) is 1. The lowest BCUT2D eigenvalue weighted by Crippen LogP contribution is -2.12. The van der Waals surface area contributed by atoms with Gasteiger partial charge in [0.2, 0.25) is 0 Å². The van der Waals surface area contributed by atoms with E-state index >= 15 is 0 Å². The topological polar surface area (TPSA) is 52.0 Å². The second-order valence-corrected chi connectivity index (χ2v) is 4.26. The Morgan fingerprint density at radius 3 is 2.79 bits per heavy atom. The molecule has 0 aliphatic heterocycles. The van der Waals surface area contributed by atoms with Crippen molar-refractivity contribution in [3.8, 4) is 5.75 Å². The molecule has 0 atom stereocenters. The zero-order valence-corrected chi connectivity index (χ0v) is 11.5. The van der Waals surface area contributed by atoms with E-state index in [1.807, 2.05) is 30.1 Å². The molecule has 5 heteroatoms. The van der Waals surface area contributed by atoms with Crippen LogP contribution in [-0.2, 0) is 19.7 Å². The maximum atomic E-state index is 5.63. The largest absolute Gasteiger partial charge is 0.484 e. The van der Waals surface area contributed by atoms with Crippen LogP contribution in [0.25, 0.3) is 0 Å². The minimum absolute atomic E-state index is 0.469. The number of aryl methyl sites for hydroxylation is 1. The van der Waals surface area contributed by atoms with Crippen molar-refractivity contribution < 1.29 is 4.74 Å². The maximum Gasteiger partial charge on any atom is 0.157 e. The molecule has 0 radical (unpaired) electrons. The van der Waals surface area contributed by atoms with Crippen LogP contribution in [0.1, 0.15) is 25.1 Å². The highest BCUT2D eigenvalue weighted by Gasteiger charge is 2.00. The van der Waals surface area contributed by atoms with Gasteiger partial charge in [0, 0.05) is 19.3 Å². The van der Waals surface area contributed by atoms with Crippen LogP contribution in [0.15, 0.2) is 30.7 Å². The highest BCUT2D eigenvalue weighted by molar-refractivity contribution is 5.15. The first-order valence-corrected chi connectivity index (χ1v) is 6.61. The second-order valence-electron chi connectivity index (χ2n) is 4.26. The van der Waals surface area contributed by atoms with E-state index in [4.69, 9.17) is 4.74 Å². The smallest absolute Gasteiger partial charge is 0.157 e. The molecular weight excluding hydrogens is 240 g/mol. The number of nitrogens with zero attached hydrogens (tertiary/aromatic N) is 3. The molecule has 0 aliphatic carbocycles. The number of hydrogen-bond acceptors (Lipinski definition) is 4. The molecule has 0 fully saturated rings. The van der Waals surface area contributed by atoms with Crippen molar-refractivity contribution in [1.82, 2.24) is 20.1 Å². The summed E-state index contributed by atoms with van der Waals surface area (Å²) >= 11 is 0. The molecule has 0 bridgehead atoms. The molecule has 2 heterocycles. The predicted octanol–water partition coefficient (Wildman–Crippen LogP) is 1.99. The molecule has 0 amide bonds. The summed E-state index contributed by atoms with van der Waals surface area (Å²) in [5.74, 6) is 0.778. The summed E-state index contributed by atoms with van der Waals surface area (Å²) in [5, 5.41) is 7.43. The van der Waals surface area contributed by atoms with Crippen molar-refractivity contribution in [2.75, 3.05) is 6.54 Å². The number of ether oxygens (including phenoxy) is 1. The second kappa shape index (κ2) is 6.89. The first-order valence-electron chi connectivity index (χ1n) is 6.61. The molecule has 0 saturated heterocycles. The molecular formula is C14H20N4O. The van der Waals surface area contributed by atoms with Gasteiger partial charge >= 0.3 is 0 Å². The predicted molar refractivity (Wildman–Crippen MR) is 73.9 cm³/mol. The molecule has 5 nitrogen and oxygen atoms in total. The Kier molecular flexibility index (Phi) is 4.92.